The summed E-state index contributed by atoms with van der Waals surface area (Å²) < 4.78 is 0. The molecule has 0 radical (unpaired) electrons. The van der Waals surface area contributed by atoms with Crippen LogP contribution in [0.15, 0.2) is 0 Å². The van der Waals surface area contributed by atoms with Gasteiger partial charge in [0, 0.05) is 0 Å². The van der Waals surface area contributed by atoms with Crippen LogP contribution in [-0.4, -0.2) is 23.7 Å². The largest absolute Gasteiger partial charge is 0.480 e. The number of unbranched alkanes of at least 4 members (excludes halogenated alkanes) is 1. The highest BCUT2D eigenvalue weighted by Gasteiger charge is 2.39. The second-order valence-corrected chi connectivity index (χ2v) is 5.88. The van der Waals surface area contributed by atoms with E-state index in [1.807, 2.05) is 0 Å². The van der Waals surface area contributed by atoms with E-state index >= 15 is 0 Å². The maximum atomic E-state index is 11.1. The van der Waals surface area contributed by atoms with Crippen molar-refractivity contribution in [1.82, 2.24) is 5.32 Å². The van der Waals surface area contributed by atoms with Crippen molar-refractivity contribution >= 4 is 5.97 Å². The van der Waals surface area contributed by atoms with Gasteiger partial charge in [-0.1, -0.05) is 26.2 Å². The van der Waals surface area contributed by atoms with Crippen molar-refractivity contribution in [2.24, 2.45) is 17.8 Å². The second-order valence-electron chi connectivity index (χ2n) is 5.88. The number of nitrogens with one attached hydrogen (secondary N) is 1. The lowest BCUT2D eigenvalue weighted by molar-refractivity contribution is -0.139. The molecule has 98 valence electrons. The summed E-state index contributed by atoms with van der Waals surface area (Å²) in [5.41, 5.74) is 0. The lowest BCUT2D eigenvalue weighted by Crippen LogP contribution is -2.40. The van der Waals surface area contributed by atoms with Gasteiger partial charge in [-0.25, -0.2) is 0 Å². The van der Waals surface area contributed by atoms with E-state index in [1.165, 1.54) is 25.7 Å². The molecule has 2 saturated carbocycles. The molecule has 0 aromatic carbocycles. The molecule has 17 heavy (non-hydrogen) atoms. The first-order chi connectivity index (χ1) is 8.20. The normalized spacial score (nSPS) is 32.9. The molecule has 0 saturated heterocycles. The van der Waals surface area contributed by atoms with Gasteiger partial charge in [-0.3, -0.25) is 4.79 Å². The minimum absolute atomic E-state index is 0.325. The predicted octanol–water partition coefficient (Wildman–Crippen LogP) is 2.66. The predicted molar refractivity (Wildman–Crippen MR) is 67.9 cm³/mol. The highest BCUT2D eigenvalue weighted by Crippen LogP contribution is 2.47. The van der Waals surface area contributed by atoms with Crippen LogP contribution in [0.3, 0.4) is 0 Å². The van der Waals surface area contributed by atoms with E-state index in [-0.39, 0.29) is 6.04 Å². The first kappa shape index (κ1) is 12.9. The molecule has 3 nitrogen and oxygen atoms in total. The first-order valence-corrected chi connectivity index (χ1v) is 7.17. The zero-order valence-electron chi connectivity index (χ0n) is 10.8. The molecular weight excluding hydrogens is 214 g/mol. The molecule has 2 aliphatic carbocycles. The summed E-state index contributed by atoms with van der Waals surface area (Å²) in [6.45, 7) is 3.02. The van der Waals surface area contributed by atoms with Gasteiger partial charge in [-0.05, 0) is 50.0 Å². The van der Waals surface area contributed by atoms with Gasteiger partial charge in [-0.15, -0.1) is 0 Å². The molecule has 2 rings (SSSR count). The lowest BCUT2D eigenvalue weighted by Gasteiger charge is -2.24. The summed E-state index contributed by atoms with van der Waals surface area (Å²) in [5, 5.41) is 12.4. The van der Waals surface area contributed by atoms with E-state index in [9.17, 15) is 4.79 Å². The summed E-state index contributed by atoms with van der Waals surface area (Å²) in [6.07, 6.45) is 8.37. The Bertz CT molecular complexity index is 267. The minimum atomic E-state index is -0.679. The molecule has 0 aliphatic heterocycles. The third-order valence-electron chi connectivity index (χ3n) is 4.66. The van der Waals surface area contributed by atoms with Gasteiger partial charge in [0.15, 0.2) is 0 Å². The first-order valence-electron chi connectivity index (χ1n) is 7.17. The van der Waals surface area contributed by atoms with Crippen LogP contribution >= 0.6 is 0 Å². The molecule has 2 bridgehead atoms. The third-order valence-corrected chi connectivity index (χ3v) is 4.66. The number of hydrogen-bond acceptors (Lipinski definition) is 2. The Balaban J connectivity index is 1.73. The van der Waals surface area contributed by atoms with E-state index in [0.717, 1.165) is 43.6 Å². The molecular formula is C14H25NO2. The molecule has 0 aromatic heterocycles. The Hall–Kier alpha value is -0.570. The van der Waals surface area contributed by atoms with Crippen LogP contribution in [0.4, 0.5) is 0 Å². The molecule has 4 unspecified atom stereocenters. The Morgan fingerprint density at radius 1 is 1.41 bits per heavy atom. The van der Waals surface area contributed by atoms with E-state index in [0.29, 0.717) is 0 Å². The zero-order chi connectivity index (χ0) is 12.3. The van der Waals surface area contributed by atoms with Crippen molar-refractivity contribution in [3.05, 3.63) is 0 Å². The maximum absolute atomic E-state index is 11.1. The highest BCUT2D eigenvalue weighted by molar-refractivity contribution is 5.73. The lowest BCUT2D eigenvalue weighted by atomic mass is 9.88. The van der Waals surface area contributed by atoms with Crippen LogP contribution in [0.25, 0.3) is 0 Å². The summed E-state index contributed by atoms with van der Waals surface area (Å²) in [6, 6.07) is -0.325. The van der Waals surface area contributed by atoms with Crippen LogP contribution in [0.1, 0.15) is 51.9 Å². The fourth-order valence-corrected chi connectivity index (χ4v) is 3.64. The van der Waals surface area contributed by atoms with Crippen LogP contribution in [0, 0.1) is 17.8 Å². The average Bonchev–Trinajstić information content (AvgIpc) is 2.90. The fourth-order valence-electron chi connectivity index (χ4n) is 3.64. The maximum Gasteiger partial charge on any atom is 0.320 e. The Labute approximate surface area is 104 Å². The summed E-state index contributed by atoms with van der Waals surface area (Å²) in [5.74, 6) is 1.90. The van der Waals surface area contributed by atoms with Crippen molar-refractivity contribution in [2.75, 3.05) is 6.54 Å². The third kappa shape index (κ3) is 3.21. The average molecular weight is 239 g/mol. The summed E-state index contributed by atoms with van der Waals surface area (Å²) in [7, 11) is 0. The highest BCUT2D eigenvalue weighted by atomic mass is 16.4. The molecule has 3 heteroatoms. The van der Waals surface area contributed by atoms with Crippen molar-refractivity contribution < 1.29 is 9.90 Å². The summed E-state index contributed by atoms with van der Waals surface area (Å²) >= 11 is 0. The van der Waals surface area contributed by atoms with Crippen LogP contribution in [0.2, 0.25) is 0 Å². The smallest absolute Gasteiger partial charge is 0.320 e. The summed E-state index contributed by atoms with van der Waals surface area (Å²) in [4.78, 5) is 11.1. The monoisotopic (exact) mass is 239 g/mol. The topological polar surface area (TPSA) is 49.3 Å². The molecule has 0 heterocycles. The van der Waals surface area contributed by atoms with Gasteiger partial charge in [0.1, 0.15) is 6.04 Å². The number of hydrogen-bond donors (Lipinski definition) is 2. The van der Waals surface area contributed by atoms with Crippen LogP contribution in [-0.2, 0) is 4.79 Å². The zero-order valence-corrected chi connectivity index (χ0v) is 10.8. The molecule has 4 atom stereocenters. The number of fused-ring (bicyclic) bond motifs is 2. The van der Waals surface area contributed by atoms with Gasteiger partial charge in [0.2, 0.25) is 0 Å². The standard InChI is InChI=1S/C14H25NO2/c1-2-3-4-13(14(16)17)15-9-12-8-10-5-6-11(12)7-10/h10-13,15H,2-9H2,1H3,(H,16,17). The Morgan fingerprint density at radius 3 is 2.76 bits per heavy atom. The SMILES string of the molecule is CCCCC(NCC1CC2CCC1C2)C(=O)O. The number of carbonyl (C=O) groups is 1. The van der Waals surface area contributed by atoms with Gasteiger partial charge >= 0.3 is 5.97 Å². The van der Waals surface area contributed by atoms with Crippen LogP contribution in [0.5, 0.6) is 0 Å². The van der Waals surface area contributed by atoms with E-state index < -0.39 is 5.97 Å². The Morgan fingerprint density at radius 2 is 2.24 bits per heavy atom. The van der Waals surface area contributed by atoms with Crippen molar-refractivity contribution in [3.63, 3.8) is 0 Å². The fraction of sp³-hybridized carbons (Fsp3) is 0.929. The van der Waals surface area contributed by atoms with Crippen molar-refractivity contribution in [1.29, 1.82) is 0 Å². The minimum Gasteiger partial charge on any atom is -0.480 e. The van der Waals surface area contributed by atoms with Gasteiger partial charge < -0.3 is 10.4 Å². The van der Waals surface area contributed by atoms with Crippen molar-refractivity contribution in [3.8, 4) is 0 Å². The van der Waals surface area contributed by atoms with E-state index in [1.54, 1.807) is 0 Å². The second kappa shape index (κ2) is 5.85. The van der Waals surface area contributed by atoms with Crippen LogP contribution < -0.4 is 5.32 Å². The molecule has 0 spiro atoms. The van der Waals surface area contributed by atoms with E-state index in [2.05, 4.69) is 12.2 Å². The van der Waals surface area contributed by atoms with Gasteiger partial charge in [0.05, 0.1) is 0 Å². The molecule has 0 amide bonds. The molecule has 2 N–H and O–H groups in total. The quantitative estimate of drug-likeness (QED) is 0.718. The molecule has 2 fully saturated rings. The number of aliphatic carboxylic acids is 1. The van der Waals surface area contributed by atoms with E-state index in [4.69, 9.17) is 5.11 Å². The number of carboxylic acids is 1. The molecule has 2 aliphatic rings. The number of carboxylic acid groups (broad SMARTS) is 1. The van der Waals surface area contributed by atoms with Crippen molar-refractivity contribution in [2.45, 2.75) is 57.9 Å². The van der Waals surface area contributed by atoms with Gasteiger partial charge in [0.25, 0.3) is 0 Å². The number of rotatable bonds is 7. The Kier molecular flexibility index (Phi) is 4.43. The molecule has 0 aromatic rings. The van der Waals surface area contributed by atoms with Gasteiger partial charge in [-0.2, -0.15) is 0 Å².